The van der Waals surface area contributed by atoms with Crippen molar-refractivity contribution in [3.05, 3.63) is 22.7 Å². The molecule has 1 aliphatic rings. The molecule has 1 amide bonds. The predicted molar refractivity (Wildman–Crippen MR) is 99.8 cm³/mol. The van der Waals surface area contributed by atoms with Crippen molar-refractivity contribution in [2.45, 2.75) is 47.1 Å². The van der Waals surface area contributed by atoms with E-state index >= 15 is 0 Å². The lowest BCUT2D eigenvalue weighted by Crippen LogP contribution is -2.28. The molecule has 0 bridgehead atoms. The number of ether oxygens (including phenoxy) is 1. The van der Waals surface area contributed by atoms with E-state index in [1.54, 1.807) is 11.8 Å². The smallest absolute Gasteiger partial charge is 0.252 e. The first kappa shape index (κ1) is 20.5. The van der Waals surface area contributed by atoms with Gasteiger partial charge in [0.15, 0.2) is 0 Å². The van der Waals surface area contributed by atoms with E-state index < -0.39 is 10.0 Å². The molecule has 1 aromatic carbocycles. The molecule has 3 N–H and O–H groups in total. The summed E-state index contributed by atoms with van der Waals surface area (Å²) >= 11 is 7.69. The molecule has 2 rings (SSSR count). The third-order valence-electron chi connectivity index (χ3n) is 4.02. The Morgan fingerprint density at radius 1 is 1.36 bits per heavy atom. The third kappa shape index (κ3) is 5.86. The molecule has 0 atom stereocenters. The fourth-order valence-corrected chi connectivity index (χ4v) is 5.31. The Kier molecular flexibility index (Phi) is 7.57. The summed E-state index contributed by atoms with van der Waals surface area (Å²) in [6.07, 6.45) is 5.70. The summed E-state index contributed by atoms with van der Waals surface area (Å²) in [5.41, 5.74) is 0.278. The largest absolute Gasteiger partial charge is 0.383 e. The lowest BCUT2D eigenvalue weighted by Gasteiger charge is -2.22. The molecule has 0 heterocycles. The van der Waals surface area contributed by atoms with Gasteiger partial charge < -0.3 is 10.1 Å². The highest BCUT2D eigenvalue weighted by Gasteiger charge is 2.23. The minimum Gasteiger partial charge on any atom is -0.383 e. The zero-order valence-corrected chi connectivity index (χ0v) is 16.5. The van der Waals surface area contributed by atoms with Crippen molar-refractivity contribution >= 4 is 39.3 Å². The Morgan fingerprint density at radius 2 is 2.04 bits per heavy atom. The maximum Gasteiger partial charge on any atom is 0.252 e. The third-order valence-corrected chi connectivity index (χ3v) is 6.79. The van der Waals surface area contributed by atoms with Gasteiger partial charge in [0.1, 0.15) is 4.90 Å². The summed E-state index contributed by atoms with van der Waals surface area (Å²) in [7, 11) is -2.47. The molecular formula is C16H23ClN2O4S2. The Labute approximate surface area is 157 Å². The van der Waals surface area contributed by atoms with Crippen LogP contribution in [0.5, 0.6) is 0 Å². The van der Waals surface area contributed by atoms with Crippen molar-refractivity contribution < 1.29 is 17.9 Å². The van der Waals surface area contributed by atoms with Gasteiger partial charge in [0, 0.05) is 23.8 Å². The van der Waals surface area contributed by atoms with Crippen LogP contribution in [0.25, 0.3) is 0 Å². The van der Waals surface area contributed by atoms with E-state index in [2.05, 4.69) is 5.32 Å². The van der Waals surface area contributed by atoms with E-state index in [1.165, 1.54) is 25.7 Å². The van der Waals surface area contributed by atoms with Crippen LogP contribution in [0.4, 0.5) is 0 Å². The first-order valence-electron chi connectivity index (χ1n) is 8.13. The molecule has 0 aromatic heterocycles. The quantitative estimate of drug-likeness (QED) is 0.678. The molecule has 140 valence electrons. The van der Waals surface area contributed by atoms with Crippen molar-refractivity contribution in [3.63, 3.8) is 0 Å². The van der Waals surface area contributed by atoms with E-state index in [9.17, 15) is 13.2 Å². The number of rotatable bonds is 7. The number of hydrogen-bond donors (Lipinski definition) is 2. The number of hydrogen-bond acceptors (Lipinski definition) is 5. The highest BCUT2D eigenvalue weighted by Crippen LogP contribution is 2.38. The highest BCUT2D eigenvalue weighted by atomic mass is 35.5. The number of benzene rings is 1. The molecule has 0 radical (unpaired) electrons. The first-order chi connectivity index (χ1) is 11.8. The fourth-order valence-electron chi connectivity index (χ4n) is 2.75. The van der Waals surface area contributed by atoms with E-state index in [-0.39, 0.29) is 21.4 Å². The summed E-state index contributed by atoms with van der Waals surface area (Å²) in [6.45, 7) is 0.697. The van der Waals surface area contributed by atoms with Crippen molar-refractivity contribution in [3.8, 4) is 0 Å². The second-order valence-electron chi connectivity index (χ2n) is 5.95. The normalized spacial score (nSPS) is 16.0. The molecule has 0 unspecified atom stereocenters. The molecule has 1 aliphatic carbocycles. The van der Waals surface area contributed by atoms with Gasteiger partial charge in [0.05, 0.1) is 17.2 Å². The van der Waals surface area contributed by atoms with Gasteiger partial charge in [0.2, 0.25) is 10.0 Å². The van der Waals surface area contributed by atoms with Crippen LogP contribution in [0.2, 0.25) is 5.02 Å². The highest BCUT2D eigenvalue weighted by molar-refractivity contribution is 8.00. The lowest BCUT2D eigenvalue weighted by molar-refractivity contribution is 0.0934. The summed E-state index contributed by atoms with van der Waals surface area (Å²) < 4.78 is 28.4. The number of amides is 1. The van der Waals surface area contributed by atoms with Gasteiger partial charge in [-0.05, 0) is 25.0 Å². The van der Waals surface area contributed by atoms with Gasteiger partial charge in [-0.2, -0.15) is 0 Å². The topological polar surface area (TPSA) is 98.5 Å². The van der Waals surface area contributed by atoms with Gasteiger partial charge in [-0.25, -0.2) is 13.6 Å². The summed E-state index contributed by atoms with van der Waals surface area (Å²) in [5, 5.41) is 8.37. The van der Waals surface area contributed by atoms with Crippen LogP contribution < -0.4 is 10.5 Å². The molecule has 1 aromatic rings. The summed E-state index contributed by atoms with van der Waals surface area (Å²) in [4.78, 5) is 13.0. The fraction of sp³-hybridized carbons (Fsp3) is 0.562. The number of nitrogens with two attached hydrogens (primary N) is 1. The zero-order chi connectivity index (χ0) is 18.4. The molecule has 25 heavy (non-hydrogen) atoms. The molecule has 1 fully saturated rings. The average molecular weight is 407 g/mol. The van der Waals surface area contributed by atoms with Crippen LogP contribution in [0.1, 0.15) is 42.5 Å². The molecule has 0 saturated heterocycles. The van der Waals surface area contributed by atoms with Gasteiger partial charge in [0.25, 0.3) is 5.91 Å². The number of primary sulfonamides is 1. The summed E-state index contributed by atoms with van der Waals surface area (Å²) in [6, 6.07) is 2.80. The van der Waals surface area contributed by atoms with E-state index in [1.807, 2.05) is 0 Å². The monoisotopic (exact) mass is 406 g/mol. The standard InChI is InChI=1S/C16H23ClN2O4S2/c1-23-8-7-19-16(20)12-9-15(25(18,21)22)13(17)10-14(12)24-11-5-3-2-4-6-11/h9-11H,2-8H2,1H3,(H,19,20)(H2,18,21,22). The van der Waals surface area contributed by atoms with Crippen molar-refractivity contribution in [1.29, 1.82) is 0 Å². The Morgan fingerprint density at radius 3 is 2.64 bits per heavy atom. The number of methoxy groups -OCH3 is 1. The van der Waals surface area contributed by atoms with Crippen LogP contribution in [0, 0.1) is 0 Å². The molecule has 1 saturated carbocycles. The molecule has 9 heteroatoms. The first-order valence-corrected chi connectivity index (χ1v) is 10.9. The maximum absolute atomic E-state index is 12.5. The second-order valence-corrected chi connectivity index (χ2v) is 9.23. The van der Waals surface area contributed by atoms with E-state index in [4.69, 9.17) is 21.5 Å². The number of nitrogens with one attached hydrogen (secondary N) is 1. The predicted octanol–water partition coefficient (Wildman–Crippen LogP) is 2.79. The van der Waals surface area contributed by atoms with E-state index in [0.717, 1.165) is 25.7 Å². The van der Waals surface area contributed by atoms with Crippen molar-refractivity contribution in [2.75, 3.05) is 20.3 Å². The molecule has 6 nitrogen and oxygen atoms in total. The number of sulfonamides is 1. The van der Waals surface area contributed by atoms with Gasteiger partial charge in [-0.15, -0.1) is 11.8 Å². The Balaban J connectivity index is 2.34. The van der Waals surface area contributed by atoms with Gasteiger partial charge in [-0.1, -0.05) is 30.9 Å². The second kappa shape index (κ2) is 9.23. The molecule has 0 spiro atoms. The number of thioether (sulfide) groups is 1. The van der Waals surface area contributed by atoms with Gasteiger partial charge >= 0.3 is 0 Å². The van der Waals surface area contributed by atoms with Crippen LogP contribution in [-0.4, -0.2) is 39.8 Å². The Bertz CT molecular complexity index is 719. The minimum absolute atomic E-state index is 0.0363. The summed E-state index contributed by atoms with van der Waals surface area (Å²) in [5.74, 6) is -0.364. The van der Waals surface area contributed by atoms with Crippen LogP contribution >= 0.6 is 23.4 Å². The molecule has 0 aliphatic heterocycles. The SMILES string of the molecule is COCCNC(=O)c1cc(S(N)(=O)=O)c(Cl)cc1SC1CCCCC1. The zero-order valence-electron chi connectivity index (χ0n) is 14.1. The Hall–Kier alpha value is -0.800. The number of carbonyl (C=O) groups excluding carboxylic acids is 1. The average Bonchev–Trinajstić information content (AvgIpc) is 2.55. The van der Waals surface area contributed by atoms with Crippen LogP contribution in [-0.2, 0) is 14.8 Å². The number of carbonyl (C=O) groups is 1. The maximum atomic E-state index is 12.5. The van der Waals surface area contributed by atoms with Crippen LogP contribution in [0.3, 0.4) is 0 Å². The minimum atomic E-state index is -4.01. The van der Waals surface area contributed by atoms with Crippen LogP contribution in [0.15, 0.2) is 21.9 Å². The van der Waals surface area contributed by atoms with Crippen molar-refractivity contribution in [1.82, 2.24) is 5.32 Å². The molecular weight excluding hydrogens is 384 g/mol. The lowest BCUT2D eigenvalue weighted by atomic mass is 10.0. The van der Waals surface area contributed by atoms with Gasteiger partial charge in [-0.3, -0.25) is 4.79 Å². The van der Waals surface area contributed by atoms with Crippen molar-refractivity contribution in [2.24, 2.45) is 5.14 Å². The van der Waals surface area contributed by atoms with E-state index in [0.29, 0.717) is 23.3 Å². The number of halogens is 1.